The molecule has 0 aliphatic heterocycles. The maximum Gasteiger partial charge on any atom is 0.266 e. The average molecular weight is 597 g/mol. The highest BCUT2D eigenvalue weighted by Crippen LogP contribution is 2.30. The van der Waals surface area contributed by atoms with Crippen LogP contribution in [0.5, 0.6) is 0 Å². The molecule has 0 spiro atoms. The molecule has 0 aliphatic rings. The van der Waals surface area contributed by atoms with Crippen molar-refractivity contribution in [2.75, 3.05) is 6.54 Å². The van der Waals surface area contributed by atoms with Gasteiger partial charge in [0, 0.05) is 16.6 Å². The number of nitrogens with zero attached hydrogens (tertiary/aromatic N) is 3. The van der Waals surface area contributed by atoms with E-state index in [1.807, 2.05) is 95.9 Å². The van der Waals surface area contributed by atoms with Gasteiger partial charge in [0.25, 0.3) is 11.5 Å². The van der Waals surface area contributed by atoms with Gasteiger partial charge in [-0.3, -0.25) is 14.2 Å². The van der Waals surface area contributed by atoms with E-state index in [0.717, 1.165) is 46.6 Å². The fourth-order valence-electron chi connectivity index (χ4n) is 5.43. The Balaban J connectivity index is 1.69. The molecule has 0 fully saturated rings. The summed E-state index contributed by atoms with van der Waals surface area (Å²) in [7, 11) is 0. The molecule has 6 heteroatoms. The molecule has 1 unspecified atom stereocenters. The van der Waals surface area contributed by atoms with Crippen molar-refractivity contribution >= 4 is 43.5 Å². The van der Waals surface area contributed by atoms with E-state index >= 15 is 0 Å². The lowest BCUT2D eigenvalue weighted by atomic mass is 10.0. The van der Waals surface area contributed by atoms with Crippen molar-refractivity contribution in [2.24, 2.45) is 0 Å². The normalized spacial score (nSPS) is 12.1. The zero-order valence-corrected chi connectivity index (χ0v) is 24.6. The summed E-state index contributed by atoms with van der Waals surface area (Å²) in [6, 6.07) is 28.6. The molecule has 0 radical (unpaired) electrons. The Kier molecular flexibility index (Phi) is 8.75. The van der Waals surface area contributed by atoms with E-state index in [1.54, 1.807) is 4.57 Å². The second-order valence-electron chi connectivity index (χ2n) is 10.1. The van der Waals surface area contributed by atoms with Gasteiger partial charge in [-0.1, -0.05) is 97.6 Å². The standard InChI is InChI=1S/C34H34BrN3O2/c1-3-5-6-11-23-37(33(39)28-17-12-14-24-13-7-8-15-27(24)28)31(4-2)32-36-30-18-10-9-16-29(30)34(40)38(32)26-21-19-25(35)20-22-26/h7-10,12-22,31H,3-6,11,23H2,1-2H3. The third-order valence-electron chi connectivity index (χ3n) is 7.48. The monoisotopic (exact) mass is 595 g/mol. The third kappa shape index (κ3) is 5.59. The number of hydrogen-bond acceptors (Lipinski definition) is 3. The van der Waals surface area contributed by atoms with Crippen molar-refractivity contribution in [2.45, 2.75) is 52.0 Å². The molecule has 5 nitrogen and oxygen atoms in total. The first kappa shape index (κ1) is 27.8. The summed E-state index contributed by atoms with van der Waals surface area (Å²) in [5, 5.41) is 2.52. The van der Waals surface area contributed by atoms with Crippen LogP contribution in [0, 0.1) is 0 Å². The minimum Gasteiger partial charge on any atom is -0.328 e. The summed E-state index contributed by atoms with van der Waals surface area (Å²) in [4.78, 5) is 35.5. The summed E-state index contributed by atoms with van der Waals surface area (Å²) in [5.74, 6) is 0.544. The van der Waals surface area contributed by atoms with Crippen LogP contribution in [0.2, 0.25) is 0 Å². The summed E-state index contributed by atoms with van der Waals surface area (Å²) >= 11 is 3.51. The van der Waals surface area contributed by atoms with Gasteiger partial charge in [0.2, 0.25) is 0 Å². The number of amides is 1. The molecule has 0 aliphatic carbocycles. The maximum absolute atomic E-state index is 14.4. The van der Waals surface area contributed by atoms with Crippen molar-refractivity contribution in [1.82, 2.24) is 14.5 Å². The van der Waals surface area contributed by atoms with Gasteiger partial charge in [-0.15, -0.1) is 0 Å². The van der Waals surface area contributed by atoms with Gasteiger partial charge >= 0.3 is 0 Å². The van der Waals surface area contributed by atoms with Gasteiger partial charge in [-0.05, 0) is 66.1 Å². The van der Waals surface area contributed by atoms with Crippen molar-refractivity contribution in [3.05, 3.63) is 117 Å². The van der Waals surface area contributed by atoms with Gasteiger partial charge in [-0.25, -0.2) is 4.98 Å². The summed E-state index contributed by atoms with van der Waals surface area (Å²) in [6.07, 6.45) is 4.77. The third-order valence-corrected chi connectivity index (χ3v) is 8.01. The first-order valence-electron chi connectivity index (χ1n) is 14.1. The quantitative estimate of drug-likeness (QED) is 0.152. The number of benzene rings is 4. The van der Waals surface area contributed by atoms with Crippen LogP contribution in [0.3, 0.4) is 0 Å². The highest BCUT2D eigenvalue weighted by Gasteiger charge is 2.30. The molecule has 1 amide bonds. The second kappa shape index (κ2) is 12.6. The molecule has 4 aromatic carbocycles. The minimum atomic E-state index is -0.394. The number of unbranched alkanes of at least 4 members (excludes halogenated alkanes) is 3. The molecule has 0 N–H and O–H groups in total. The fraction of sp³-hybridized carbons (Fsp3) is 0.265. The lowest BCUT2D eigenvalue weighted by molar-refractivity contribution is 0.0657. The summed E-state index contributed by atoms with van der Waals surface area (Å²) < 4.78 is 2.62. The lowest BCUT2D eigenvalue weighted by Gasteiger charge is -2.33. The molecule has 204 valence electrons. The Hall–Kier alpha value is -3.77. The Morgan fingerprint density at radius 3 is 2.30 bits per heavy atom. The van der Waals surface area contributed by atoms with Gasteiger partial charge < -0.3 is 4.90 Å². The molecule has 0 saturated carbocycles. The van der Waals surface area contributed by atoms with Gasteiger partial charge in [-0.2, -0.15) is 0 Å². The molecule has 40 heavy (non-hydrogen) atoms. The number of hydrogen-bond donors (Lipinski definition) is 0. The number of rotatable bonds is 10. The molecule has 5 aromatic rings. The summed E-state index contributed by atoms with van der Waals surface area (Å²) in [5.41, 5.74) is 1.90. The lowest BCUT2D eigenvalue weighted by Crippen LogP contribution is -2.39. The molecule has 0 saturated heterocycles. The van der Waals surface area contributed by atoms with E-state index in [9.17, 15) is 9.59 Å². The SMILES string of the molecule is CCCCCCN(C(=O)c1cccc2ccccc12)C(CC)c1nc2ccccc2c(=O)n1-c1ccc(Br)cc1. The van der Waals surface area contributed by atoms with Gasteiger partial charge in [0.05, 0.1) is 22.6 Å². The van der Waals surface area contributed by atoms with Crippen LogP contribution in [-0.2, 0) is 0 Å². The zero-order valence-electron chi connectivity index (χ0n) is 23.0. The molecule has 1 heterocycles. The molecular weight excluding hydrogens is 562 g/mol. The molecule has 0 bridgehead atoms. The first-order chi connectivity index (χ1) is 19.5. The van der Waals surface area contributed by atoms with Crippen LogP contribution in [0.4, 0.5) is 0 Å². The summed E-state index contributed by atoms with van der Waals surface area (Å²) in [6.45, 7) is 4.83. The van der Waals surface area contributed by atoms with E-state index in [2.05, 4.69) is 29.8 Å². The van der Waals surface area contributed by atoms with Crippen LogP contribution >= 0.6 is 15.9 Å². The molecule has 1 atom stereocenters. The van der Waals surface area contributed by atoms with E-state index < -0.39 is 6.04 Å². The van der Waals surface area contributed by atoms with E-state index in [1.165, 1.54) is 0 Å². The highest BCUT2D eigenvalue weighted by molar-refractivity contribution is 9.10. The largest absolute Gasteiger partial charge is 0.328 e. The van der Waals surface area contributed by atoms with E-state index in [-0.39, 0.29) is 11.5 Å². The van der Waals surface area contributed by atoms with E-state index in [0.29, 0.717) is 35.3 Å². The number of carbonyl (C=O) groups is 1. The topological polar surface area (TPSA) is 55.2 Å². The number of carbonyl (C=O) groups excluding carboxylic acids is 1. The Morgan fingerprint density at radius 2 is 1.55 bits per heavy atom. The highest BCUT2D eigenvalue weighted by atomic mass is 79.9. The predicted octanol–water partition coefficient (Wildman–Crippen LogP) is 8.48. The van der Waals surface area contributed by atoms with Crippen molar-refractivity contribution in [3.8, 4) is 5.69 Å². The van der Waals surface area contributed by atoms with Crippen molar-refractivity contribution in [3.63, 3.8) is 0 Å². The number of halogens is 1. The van der Waals surface area contributed by atoms with Crippen LogP contribution in [0.15, 0.2) is 100 Å². The smallest absolute Gasteiger partial charge is 0.266 e. The predicted molar refractivity (Wildman–Crippen MR) is 167 cm³/mol. The van der Waals surface area contributed by atoms with Crippen LogP contribution in [-0.4, -0.2) is 26.9 Å². The fourth-order valence-corrected chi connectivity index (χ4v) is 5.69. The second-order valence-corrected chi connectivity index (χ2v) is 11.0. The van der Waals surface area contributed by atoms with Crippen LogP contribution in [0.25, 0.3) is 27.4 Å². The van der Waals surface area contributed by atoms with Gasteiger partial charge in [0.15, 0.2) is 0 Å². The number of fused-ring (bicyclic) bond motifs is 2. The average Bonchev–Trinajstić information content (AvgIpc) is 2.99. The van der Waals surface area contributed by atoms with Crippen molar-refractivity contribution in [1.29, 1.82) is 0 Å². The maximum atomic E-state index is 14.4. The van der Waals surface area contributed by atoms with Gasteiger partial charge in [0.1, 0.15) is 5.82 Å². The van der Waals surface area contributed by atoms with Crippen molar-refractivity contribution < 1.29 is 4.79 Å². The Bertz CT molecular complexity index is 1690. The van der Waals surface area contributed by atoms with E-state index in [4.69, 9.17) is 4.98 Å². The van der Waals surface area contributed by atoms with Crippen LogP contribution in [0.1, 0.15) is 68.2 Å². The Labute approximate surface area is 243 Å². The molecule has 1 aromatic heterocycles. The molecular formula is C34H34BrN3O2. The zero-order chi connectivity index (χ0) is 28.1. The molecule has 5 rings (SSSR count). The number of aromatic nitrogens is 2. The first-order valence-corrected chi connectivity index (χ1v) is 14.9. The number of para-hydroxylation sites is 1. The minimum absolute atomic E-state index is 0.0371. The van der Waals surface area contributed by atoms with Crippen LogP contribution < -0.4 is 5.56 Å². The Morgan fingerprint density at radius 1 is 0.850 bits per heavy atom.